The van der Waals surface area contributed by atoms with Crippen LogP contribution in [0.4, 0.5) is 11.5 Å². The molecule has 0 aliphatic carbocycles. The molecule has 2 aliphatic heterocycles. The molecule has 4 nitrogen and oxygen atoms in total. The normalized spacial score (nSPS) is 23.4. The first-order chi connectivity index (χ1) is 7.75. The number of rotatable bonds is 0. The Kier molecular flexibility index (Phi) is 2.28. The van der Waals surface area contributed by atoms with E-state index in [0.29, 0.717) is 0 Å². The van der Waals surface area contributed by atoms with Crippen molar-refractivity contribution in [2.75, 3.05) is 28.3 Å². The van der Waals surface area contributed by atoms with Crippen LogP contribution < -0.4 is 10.2 Å². The van der Waals surface area contributed by atoms with Crippen molar-refractivity contribution in [2.24, 2.45) is 0 Å². The quantitative estimate of drug-likeness (QED) is 0.735. The predicted octanol–water partition coefficient (Wildman–Crippen LogP) is 1.26. The summed E-state index contributed by atoms with van der Waals surface area (Å²) in [6.45, 7) is 2.89. The van der Waals surface area contributed by atoms with Gasteiger partial charge in [0.05, 0.1) is 5.69 Å². The minimum Gasteiger partial charge on any atom is -0.341 e. The van der Waals surface area contributed by atoms with Gasteiger partial charge < -0.3 is 10.2 Å². The van der Waals surface area contributed by atoms with E-state index in [-0.39, 0.29) is 11.9 Å². The highest BCUT2D eigenvalue weighted by atomic mass is 32.2. The average Bonchev–Trinajstić information content (AvgIpc) is 2.31. The number of hydrogen-bond acceptors (Lipinski definition) is 4. The summed E-state index contributed by atoms with van der Waals surface area (Å²) in [6.07, 6.45) is 0. The second-order valence-corrected chi connectivity index (χ2v) is 5.25. The van der Waals surface area contributed by atoms with Crippen LogP contribution in [0.1, 0.15) is 5.69 Å². The van der Waals surface area contributed by atoms with Gasteiger partial charge in [0.2, 0.25) is 5.91 Å². The summed E-state index contributed by atoms with van der Waals surface area (Å²) in [4.78, 5) is 18.6. The van der Waals surface area contributed by atoms with Crippen molar-refractivity contribution < 1.29 is 4.79 Å². The monoisotopic (exact) mass is 235 g/mol. The fourth-order valence-electron chi connectivity index (χ4n) is 2.15. The molecule has 1 N–H and O–H groups in total. The smallest absolute Gasteiger partial charge is 0.248 e. The Labute approximate surface area is 98.4 Å². The van der Waals surface area contributed by atoms with Gasteiger partial charge in [-0.15, -0.1) is 0 Å². The third kappa shape index (κ3) is 1.46. The maximum absolute atomic E-state index is 11.9. The van der Waals surface area contributed by atoms with Crippen molar-refractivity contribution in [3.05, 3.63) is 17.8 Å². The van der Waals surface area contributed by atoms with Gasteiger partial charge in [0.25, 0.3) is 0 Å². The maximum Gasteiger partial charge on any atom is 0.248 e. The lowest BCUT2D eigenvalue weighted by Gasteiger charge is -2.39. The van der Waals surface area contributed by atoms with Crippen molar-refractivity contribution in [1.29, 1.82) is 0 Å². The van der Waals surface area contributed by atoms with Crippen LogP contribution in [0, 0.1) is 6.92 Å². The molecule has 0 saturated carbocycles. The number of amides is 1. The third-order valence-electron chi connectivity index (χ3n) is 2.98. The summed E-state index contributed by atoms with van der Waals surface area (Å²) < 4.78 is 0. The molecule has 5 heteroatoms. The number of aromatic nitrogens is 1. The molecule has 2 aliphatic rings. The standard InChI is InChI=1S/C11H13N3OS/c1-7-2-3-8-10(12-7)14-4-5-16-6-9(14)11(15)13-8/h2-3,9H,4-6H2,1H3,(H,13,15). The number of pyridine rings is 1. The van der Waals surface area contributed by atoms with Gasteiger partial charge in [-0.25, -0.2) is 4.98 Å². The number of nitrogens with zero attached hydrogens (tertiary/aromatic N) is 2. The number of nitrogens with one attached hydrogen (secondary N) is 1. The summed E-state index contributed by atoms with van der Waals surface area (Å²) in [5.41, 5.74) is 1.84. The lowest BCUT2D eigenvalue weighted by Crippen LogP contribution is -2.53. The maximum atomic E-state index is 11.9. The van der Waals surface area contributed by atoms with Crippen LogP contribution in [-0.2, 0) is 4.79 Å². The second-order valence-electron chi connectivity index (χ2n) is 4.10. The van der Waals surface area contributed by atoms with E-state index in [2.05, 4.69) is 15.2 Å². The molecule has 0 spiro atoms. The molecule has 1 amide bonds. The van der Waals surface area contributed by atoms with Crippen molar-refractivity contribution in [3.63, 3.8) is 0 Å². The van der Waals surface area contributed by atoms with E-state index in [1.807, 2.05) is 30.8 Å². The Morgan fingerprint density at radius 3 is 3.31 bits per heavy atom. The Morgan fingerprint density at radius 1 is 1.56 bits per heavy atom. The molecular formula is C11H13N3OS. The number of thioether (sulfide) groups is 1. The Morgan fingerprint density at radius 2 is 2.44 bits per heavy atom. The largest absolute Gasteiger partial charge is 0.341 e. The predicted molar refractivity (Wildman–Crippen MR) is 66.1 cm³/mol. The molecule has 1 fully saturated rings. The van der Waals surface area contributed by atoms with Crippen molar-refractivity contribution in [1.82, 2.24) is 4.98 Å². The van der Waals surface area contributed by atoms with E-state index < -0.39 is 0 Å². The van der Waals surface area contributed by atoms with Crippen LogP contribution in [0.3, 0.4) is 0 Å². The first-order valence-electron chi connectivity index (χ1n) is 5.38. The van der Waals surface area contributed by atoms with Gasteiger partial charge in [-0.3, -0.25) is 4.79 Å². The van der Waals surface area contributed by atoms with Crippen molar-refractivity contribution >= 4 is 29.2 Å². The summed E-state index contributed by atoms with van der Waals surface area (Å²) in [5, 5.41) is 2.93. The summed E-state index contributed by atoms with van der Waals surface area (Å²) >= 11 is 1.83. The van der Waals surface area contributed by atoms with Gasteiger partial charge in [-0.05, 0) is 19.1 Å². The summed E-state index contributed by atoms with van der Waals surface area (Å²) in [6, 6.07) is 3.83. The summed E-state index contributed by atoms with van der Waals surface area (Å²) in [5.74, 6) is 2.97. The average molecular weight is 235 g/mol. The van der Waals surface area contributed by atoms with Gasteiger partial charge in [0, 0.05) is 23.7 Å². The number of fused-ring (bicyclic) bond motifs is 3. The molecule has 3 rings (SSSR count). The first-order valence-corrected chi connectivity index (χ1v) is 6.54. The van der Waals surface area contributed by atoms with E-state index in [1.165, 1.54) is 0 Å². The Balaban J connectivity index is 2.07. The molecule has 0 bridgehead atoms. The first kappa shape index (κ1) is 9.96. The minimum atomic E-state index is -0.0412. The van der Waals surface area contributed by atoms with Crippen LogP contribution in [0.5, 0.6) is 0 Å². The number of carbonyl (C=O) groups excluding carboxylic acids is 1. The highest BCUT2D eigenvalue weighted by Gasteiger charge is 2.35. The molecule has 1 atom stereocenters. The van der Waals surface area contributed by atoms with Crippen LogP contribution in [0.15, 0.2) is 12.1 Å². The van der Waals surface area contributed by atoms with Gasteiger partial charge in [0.1, 0.15) is 6.04 Å². The molecule has 1 aromatic heterocycles. The van der Waals surface area contributed by atoms with Crippen LogP contribution >= 0.6 is 11.8 Å². The van der Waals surface area contributed by atoms with E-state index in [0.717, 1.165) is 35.2 Å². The SMILES string of the molecule is Cc1ccc2c(n1)N1CCSCC1C(=O)N2. The van der Waals surface area contributed by atoms with E-state index in [1.54, 1.807) is 0 Å². The lowest BCUT2D eigenvalue weighted by molar-refractivity contribution is -0.117. The molecule has 1 unspecified atom stereocenters. The Bertz CT molecular complexity index is 449. The molecule has 3 heterocycles. The molecule has 1 aromatic rings. The topological polar surface area (TPSA) is 45.2 Å². The molecule has 0 radical (unpaired) electrons. The molecule has 1 saturated heterocycles. The number of aryl methyl sites for hydroxylation is 1. The van der Waals surface area contributed by atoms with Crippen molar-refractivity contribution in [2.45, 2.75) is 13.0 Å². The van der Waals surface area contributed by atoms with E-state index >= 15 is 0 Å². The van der Waals surface area contributed by atoms with Gasteiger partial charge in [-0.1, -0.05) is 0 Å². The molecular weight excluding hydrogens is 222 g/mol. The van der Waals surface area contributed by atoms with Crippen molar-refractivity contribution in [3.8, 4) is 0 Å². The second kappa shape index (κ2) is 3.66. The zero-order valence-corrected chi connectivity index (χ0v) is 9.88. The number of carbonyl (C=O) groups is 1. The van der Waals surface area contributed by atoms with Gasteiger partial charge in [-0.2, -0.15) is 11.8 Å². The minimum absolute atomic E-state index is 0.0412. The zero-order chi connectivity index (χ0) is 11.1. The van der Waals surface area contributed by atoms with E-state index in [9.17, 15) is 4.79 Å². The fraction of sp³-hybridized carbons (Fsp3) is 0.455. The molecule has 16 heavy (non-hydrogen) atoms. The van der Waals surface area contributed by atoms with Crippen LogP contribution in [0.2, 0.25) is 0 Å². The molecule has 84 valence electrons. The zero-order valence-electron chi connectivity index (χ0n) is 9.06. The lowest BCUT2D eigenvalue weighted by atomic mass is 10.1. The highest BCUT2D eigenvalue weighted by molar-refractivity contribution is 7.99. The van der Waals surface area contributed by atoms with Gasteiger partial charge >= 0.3 is 0 Å². The fourth-order valence-corrected chi connectivity index (χ4v) is 3.20. The summed E-state index contributed by atoms with van der Waals surface area (Å²) in [7, 11) is 0. The molecule has 0 aromatic carbocycles. The van der Waals surface area contributed by atoms with Crippen LogP contribution in [-0.4, -0.2) is 35.0 Å². The van der Waals surface area contributed by atoms with Gasteiger partial charge in [0.15, 0.2) is 5.82 Å². The third-order valence-corrected chi connectivity index (χ3v) is 4.00. The van der Waals surface area contributed by atoms with E-state index in [4.69, 9.17) is 0 Å². The highest BCUT2D eigenvalue weighted by Crippen LogP contribution is 2.33. The Hall–Kier alpha value is -1.23. The number of hydrogen-bond donors (Lipinski definition) is 1. The number of anilines is 2. The van der Waals surface area contributed by atoms with Crippen LogP contribution in [0.25, 0.3) is 0 Å².